The van der Waals surface area contributed by atoms with Crippen molar-refractivity contribution in [2.75, 3.05) is 0 Å². The summed E-state index contributed by atoms with van der Waals surface area (Å²) in [6.45, 7) is 0.573. The second kappa shape index (κ2) is 12.1. The van der Waals surface area contributed by atoms with Gasteiger partial charge in [-0.25, -0.2) is 4.98 Å². The number of aldehydes is 1. The van der Waals surface area contributed by atoms with Gasteiger partial charge in [-0.1, -0.05) is 17.9 Å². The van der Waals surface area contributed by atoms with Crippen LogP contribution in [0, 0.1) is 6.92 Å². The zero-order valence-corrected chi connectivity index (χ0v) is 21.7. The number of carbonyl (C=O) groups is 1. The Morgan fingerprint density at radius 3 is 2.48 bits per heavy atom. The molecule has 15 heteroatoms. The standard InChI is InChI=1S/C16H15N6O6P.2Na/c1-9-15(24)12(7-23)13(8-28-29(25,26)27)16(18-9)21-19-11-4-2-10(3-5-11)14-6-17-22-20-14;;/h2-7,24H,8H2,1H3,(H,17,20,22)(H2,25,26,27);;/q;2*+1/p-2. The van der Waals surface area contributed by atoms with E-state index in [-0.39, 0.29) is 88.0 Å². The third-order valence-electron chi connectivity index (χ3n) is 3.77. The van der Waals surface area contributed by atoms with Gasteiger partial charge in [-0.05, 0) is 19.1 Å². The first-order valence-electron chi connectivity index (χ1n) is 8.00. The summed E-state index contributed by atoms with van der Waals surface area (Å²) in [5, 5.41) is 30.1. The third kappa shape index (κ3) is 7.36. The van der Waals surface area contributed by atoms with Gasteiger partial charge in [0.15, 0.2) is 5.82 Å². The molecule has 1 atom stereocenters. The quantitative estimate of drug-likeness (QED) is 0.151. The van der Waals surface area contributed by atoms with Crippen molar-refractivity contribution in [3.63, 3.8) is 0 Å². The number of phosphoric ester groups is 1. The molecule has 0 aliphatic heterocycles. The molecule has 0 spiro atoms. The molecular weight excluding hydrogens is 449 g/mol. The van der Waals surface area contributed by atoms with E-state index >= 15 is 0 Å². The van der Waals surface area contributed by atoms with E-state index in [0.717, 1.165) is 5.56 Å². The first-order valence-corrected chi connectivity index (χ1v) is 9.50. The number of pyridine rings is 1. The molecule has 150 valence electrons. The van der Waals surface area contributed by atoms with Gasteiger partial charge >= 0.3 is 59.1 Å². The van der Waals surface area contributed by atoms with Crippen molar-refractivity contribution in [1.29, 1.82) is 0 Å². The van der Waals surface area contributed by atoms with Crippen molar-refractivity contribution >= 4 is 25.6 Å². The number of hydrogen-bond acceptors (Lipinski definition) is 10. The number of H-pyrrole nitrogens is 1. The smallest absolute Gasteiger partial charge is 0.871 e. The maximum Gasteiger partial charge on any atom is 1.00 e. The van der Waals surface area contributed by atoms with Gasteiger partial charge < -0.3 is 19.4 Å². The Kier molecular flexibility index (Phi) is 10.8. The number of benzene rings is 1. The summed E-state index contributed by atoms with van der Waals surface area (Å²) in [7, 11) is -5.10. The molecule has 0 aliphatic carbocycles. The molecule has 3 aromatic rings. The van der Waals surface area contributed by atoms with Crippen molar-refractivity contribution in [3.8, 4) is 17.0 Å². The Hall–Kier alpha value is -1.31. The molecule has 1 aromatic carbocycles. The summed E-state index contributed by atoms with van der Waals surface area (Å²) in [5.41, 5.74) is 1.23. The average Bonchev–Trinajstić information content (AvgIpc) is 3.22. The molecule has 0 aliphatic rings. The first-order chi connectivity index (χ1) is 13.8. The normalized spacial score (nSPS) is 12.6. The molecule has 2 N–H and O–H groups in total. The molecule has 0 saturated carbocycles. The van der Waals surface area contributed by atoms with Gasteiger partial charge in [0.1, 0.15) is 12.0 Å². The van der Waals surface area contributed by atoms with Gasteiger partial charge in [-0.2, -0.15) is 15.4 Å². The predicted molar refractivity (Wildman–Crippen MR) is 94.4 cm³/mol. The van der Waals surface area contributed by atoms with E-state index in [9.17, 15) is 19.4 Å². The molecule has 2 heterocycles. The molecule has 0 bridgehead atoms. The minimum atomic E-state index is -5.10. The van der Waals surface area contributed by atoms with Crippen molar-refractivity contribution in [2.24, 2.45) is 10.2 Å². The Bertz CT molecular complexity index is 1100. The number of nitrogens with one attached hydrogen (secondary N) is 1. The minimum Gasteiger partial charge on any atom is -0.871 e. The van der Waals surface area contributed by atoms with E-state index < -0.39 is 20.2 Å². The van der Waals surface area contributed by atoms with Crippen LogP contribution in [0.1, 0.15) is 21.6 Å². The van der Waals surface area contributed by atoms with E-state index in [4.69, 9.17) is 4.89 Å². The van der Waals surface area contributed by atoms with Crippen LogP contribution in [0.3, 0.4) is 0 Å². The maximum atomic E-state index is 12.1. The van der Waals surface area contributed by atoms with E-state index in [1.54, 1.807) is 30.5 Å². The van der Waals surface area contributed by atoms with Crippen LogP contribution in [0.25, 0.3) is 11.3 Å². The van der Waals surface area contributed by atoms with Crippen LogP contribution in [-0.2, 0) is 15.7 Å². The number of phosphoric acid groups is 1. The molecule has 3 rings (SSSR count). The van der Waals surface area contributed by atoms with Gasteiger partial charge in [0.05, 0.1) is 18.5 Å². The minimum absolute atomic E-state index is 0. The van der Waals surface area contributed by atoms with Gasteiger partial charge in [0.2, 0.25) is 0 Å². The van der Waals surface area contributed by atoms with Crippen LogP contribution in [0.15, 0.2) is 40.7 Å². The van der Waals surface area contributed by atoms with E-state index in [2.05, 4.69) is 35.1 Å². The number of nitrogens with zero attached hydrogens (tertiary/aromatic N) is 5. The fourth-order valence-electron chi connectivity index (χ4n) is 2.37. The molecule has 31 heavy (non-hydrogen) atoms. The number of aryl methyl sites for hydroxylation is 1. The summed E-state index contributed by atoms with van der Waals surface area (Å²) in [6, 6.07) is 6.73. The Morgan fingerprint density at radius 1 is 1.26 bits per heavy atom. The number of aromatic amines is 1. The number of rotatable bonds is 7. The Morgan fingerprint density at radius 2 is 1.94 bits per heavy atom. The van der Waals surface area contributed by atoms with Crippen LogP contribution < -0.4 is 69.1 Å². The maximum absolute atomic E-state index is 12.1. The first kappa shape index (κ1) is 27.7. The van der Waals surface area contributed by atoms with Crippen molar-refractivity contribution in [3.05, 3.63) is 47.3 Å². The van der Waals surface area contributed by atoms with Gasteiger partial charge in [0.25, 0.3) is 7.82 Å². The number of hydrogen-bond donors (Lipinski definition) is 2. The summed E-state index contributed by atoms with van der Waals surface area (Å²) in [4.78, 5) is 34.9. The third-order valence-corrected chi connectivity index (χ3v) is 4.23. The summed E-state index contributed by atoms with van der Waals surface area (Å²) >= 11 is 0. The molecule has 0 amide bonds. The monoisotopic (exact) mass is 462 g/mol. The molecule has 1 unspecified atom stereocenters. The molecule has 0 fully saturated rings. The van der Waals surface area contributed by atoms with Gasteiger partial charge in [0, 0.05) is 22.4 Å². The topological polar surface area (TPSA) is 189 Å². The van der Waals surface area contributed by atoms with E-state index in [0.29, 0.717) is 11.4 Å². The molecule has 0 radical (unpaired) electrons. The van der Waals surface area contributed by atoms with Crippen LogP contribution in [-0.4, -0.2) is 31.6 Å². The van der Waals surface area contributed by atoms with Crippen LogP contribution in [0.5, 0.6) is 5.75 Å². The fourth-order valence-corrected chi connectivity index (χ4v) is 2.66. The Balaban J connectivity index is 0.00000240. The number of azo groups is 1. The largest absolute Gasteiger partial charge is 1.00 e. The Labute approximate surface area is 220 Å². The van der Waals surface area contributed by atoms with E-state index in [1.165, 1.54) is 6.92 Å². The van der Waals surface area contributed by atoms with Crippen LogP contribution >= 0.6 is 7.82 Å². The van der Waals surface area contributed by atoms with Crippen LogP contribution in [0.4, 0.5) is 11.5 Å². The van der Waals surface area contributed by atoms with E-state index in [1.807, 2.05) is 0 Å². The van der Waals surface area contributed by atoms with Crippen LogP contribution in [0.2, 0.25) is 0 Å². The van der Waals surface area contributed by atoms with Crippen molar-refractivity contribution < 1.29 is 87.9 Å². The molecular formula is C16H13N6Na2O6P. The molecule has 2 aromatic heterocycles. The SMILES string of the molecule is Cc1nc(N=Nc2ccc(-c3cn[nH]n3)cc2)c(COP(=O)([O-])O)c(C=O)c1[O-].[Na+].[Na+]. The second-order valence-electron chi connectivity index (χ2n) is 5.70. The number of carbonyl (C=O) groups excluding carboxylic acids is 1. The predicted octanol–water partition coefficient (Wildman–Crippen LogP) is -4.54. The second-order valence-corrected chi connectivity index (χ2v) is 6.90. The van der Waals surface area contributed by atoms with Crippen molar-refractivity contribution in [2.45, 2.75) is 13.5 Å². The zero-order chi connectivity index (χ0) is 21.0. The fraction of sp³-hybridized carbons (Fsp3) is 0.125. The van der Waals surface area contributed by atoms with Crippen molar-refractivity contribution in [1.82, 2.24) is 20.4 Å². The molecule has 0 saturated heterocycles. The van der Waals surface area contributed by atoms with Gasteiger partial charge in [-0.15, -0.1) is 10.2 Å². The average molecular weight is 462 g/mol. The van der Waals surface area contributed by atoms with Gasteiger partial charge in [-0.3, -0.25) is 9.36 Å². The zero-order valence-electron chi connectivity index (χ0n) is 16.8. The molecule has 12 nitrogen and oxygen atoms in total. The summed E-state index contributed by atoms with van der Waals surface area (Å²) < 4.78 is 15.2. The summed E-state index contributed by atoms with van der Waals surface area (Å²) in [6.07, 6.45) is 1.80. The number of aromatic nitrogens is 4. The summed E-state index contributed by atoms with van der Waals surface area (Å²) in [5.74, 6) is -0.883.